The van der Waals surface area contributed by atoms with Crippen molar-refractivity contribution in [2.24, 2.45) is 4.99 Å². The minimum absolute atomic E-state index is 0.257. The second-order valence-electron chi connectivity index (χ2n) is 6.55. The summed E-state index contributed by atoms with van der Waals surface area (Å²) in [6.45, 7) is 0. The molecule has 1 amide bonds. The maximum absolute atomic E-state index is 13.4. The number of hydrogen-bond donors (Lipinski definition) is 0. The van der Waals surface area contributed by atoms with E-state index in [1.54, 1.807) is 30.3 Å². The molecule has 3 aromatic carbocycles. The Kier molecular flexibility index (Phi) is 5.73. The van der Waals surface area contributed by atoms with Crippen molar-refractivity contribution in [1.29, 1.82) is 5.26 Å². The fourth-order valence-electron chi connectivity index (χ4n) is 2.94. The van der Waals surface area contributed by atoms with E-state index >= 15 is 0 Å². The van der Waals surface area contributed by atoms with Gasteiger partial charge in [0.2, 0.25) is 0 Å². The van der Waals surface area contributed by atoms with E-state index in [4.69, 9.17) is 5.26 Å². The zero-order valence-electron chi connectivity index (χ0n) is 15.8. The van der Waals surface area contributed by atoms with Gasteiger partial charge in [0.15, 0.2) is 5.17 Å². The molecule has 0 saturated heterocycles. The van der Waals surface area contributed by atoms with Crippen molar-refractivity contribution in [2.75, 3.05) is 4.90 Å². The van der Waals surface area contributed by atoms with Gasteiger partial charge in [0.25, 0.3) is 5.91 Å². The molecule has 3 aromatic rings. The molecule has 1 heterocycles. The minimum Gasteiger partial charge on any atom is -0.266 e. The molecule has 0 aliphatic carbocycles. The molecule has 4 rings (SSSR count). The largest absolute Gasteiger partial charge is 0.283 e. The first kappa shape index (κ1) is 19.6. The molecule has 0 bridgehead atoms. The van der Waals surface area contributed by atoms with Gasteiger partial charge in [-0.15, -0.1) is 0 Å². The standard InChI is InChI=1S/C24H16FN3OS/c25-20-10-12-21(13-11-20)28-23(29)22(14-17-4-2-1-3-5-17)27-24(28)30-16-19-8-6-18(15-26)7-9-19/h1-14H,16H2/b22-14+. The Morgan fingerprint density at radius 3 is 2.37 bits per heavy atom. The fraction of sp³-hybridized carbons (Fsp3) is 0.0417. The van der Waals surface area contributed by atoms with Crippen molar-refractivity contribution in [1.82, 2.24) is 0 Å². The highest BCUT2D eigenvalue weighted by atomic mass is 32.2. The molecule has 4 nitrogen and oxygen atoms in total. The zero-order chi connectivity index (χ0) is 20.9. The van der Waals surface area contributed by atoms with Gasteiger partial charge in [-0.3, -0.25) is 9.69 Å². The van der Waals surface area contributed by atoms with Crippen LogP contribution >= 0.6 is 11.8 Å². The minimum atomic E-state index is -0.367. The monoisotopic (exact) mass is 413 g/mol. The Morgan fingerprint density at radius 2 is 1.70 bits per heavy atom. The highest BCUT2D eigenvalue weighted by Gasteiger charge is 2.32. The molecule has 1 aliphatic rings. The molecule has 0 aromatic heterocycles. The van der Waals surface area contributed by atoms with Crippen LogP contribution in [0.4, 0.5) is 10.1 Å². The maximum Gasteiger partial charge on any atom is 0.283 e. The van der Waals surface area contributed by atoms with E-state index in [0.29, 0.717) is 27.9 Å². The first-order valence-electron chi connectivity index (χ1n) is 9.21. The van der Waals surface area contributed by atoms with Gasteiger partial charge < -0.3 is 0 Å². The number of rotatable bonds is 4. The van der Waals surface area contributed by atoms with Crippen molar-refractivity contribution in [3.63, 3.8) is 0 Å². The number of amides is 1. The van der Waals surface area contributed by atoms with Crippen LogP contribution in [0.5, 0.6) is 0 Å². The highest BCUT2D eigenvalue weighted by Crippen LogP contribution is 2.31. The Labute approximate surface area is 178 Å². The molecule has 0 spiro atoms. The first-order chi connectivity index (χ1) is 14.6. The molecular weight excluding hydrogens is 397 g/mol. The quantitative estimate of drug-likeness (QED) is 0.540. The molecule has 0 fully saturated rings. The predicted molar refractivity (Wildman–Crippen MR) is 118 cm³/mol. The Bertz CT molecular complexity index is 1160. The lowest BCUT2D eigenvalue weighted by Gasteiger charge is -2.17. The molecule has 0 radical (unpaired) electrons. The third kappa shape index (κ3) is 4.32. The van der Waals surface area contributed by atoms with Crippen LogP contribution in [-0.2, 0) is 10.5 Å². The summed E-state index contributed by atoms with van der Waals surface area (Å²) >= 11 is 1.41. The van der Waals surface area contributed by atoms with E-state index in [1.165, 1.54) is 28.8 Å². The maximum atomic E-state index is 13.4. The SMILES string of the molecule is N#Cc1ccc(CSC2=N/C(=C/c3ccccc3)C(=O)N2c2ccc(F)cc2)cc1. The van der Waals surface area contributed by atoms with Crippen LogP contribution in [0.25, 0.3) is 6.08 Å². The number of aliphatic imine (C=N–C) groups is 1. The van der Waals surface area contributed by atoms with Crippen LogP contribution < -0.4 is 4.90 Å². The summed E-state index contributed by atoms with van der Waals surface area (Å²) in [5, 5.41) is 9.47. The van der Waals surface area contributed by atoms with Gasteiger partial charge in [0.05, 0.1) is 17.3 Å². The van der Waals surface area contributed by atoms with Gasteiger partial charge >= 0.3 is 0 Å². The average molecular weight is 413 g/mol. The number of nitriles is 1. The second kappa shape index (κ2) is 8.76. The van der Waals surface area contributed by atoms with E-state index in [2.05, 4.69) is 11.1 Å². The highest BCUT2D eigenvalue weighted by molar-refractivity contribution is 8.13. The number of nitrogens with zero attached hydrogens (tertiary/aromatic N) is 3. The number of halogens is 1. The van der Waals surface area contributed by atoms with Crippen LogP contribution in [0.3, 0.4) is 0 Å². The van der Waals surface area contributed by atoms with Gasteiger partial charge in [-0.2, -0.15) is 5.26 Å². The third-order valence-electron chi connectivity index (χ3n) is 4.47. The number of carbonyl (C=O) groups excluding carboxylic acids is 1. The molecule has 1 aliphatic heterocycles. The van der Waals surface area contributed by atoms with E-state index in [0.717, 1.165) is 11.1 Å². The predicted octanol–water partition coefficient (Wildman–Crippen LogP) is 5.37. The first-order valence-corrected chi connectivity index (χ1v) is 10.2. The van der Waals surface area contributed by atoms with E-state index in [-0.39, 0.29) is 11.7 Å². The van der Waals surface area contributed by atoms with Crippen molar-refractivity contribution in [3.8, 4) is 6.07 Å². The summed E-state index contributed by atoms with van der Waals surface area (Å²) in [4.78, 5) is 19.2. The van der Waals surface area contributed by atoms with Crippen LogP contribution in [0, 0.1) is 17.1 Å². The smallest absolute Gasteiger partial charge is 0.266 e. The van der Waals surface area contributed by atoms with Crippen molar-refractivity contribution in [3.05, 3.63) is 107 Å². The lowest BCUT2D eigenvalue weighted by atomic mass is 10.2. The molecule has 0 saturated carbocycles. The normalized spacial score (nSPS) is 14.7. The van der Waals surface area contributed by atoms with Gasteiger partial charge in [-0.1, -0.05) is 54.2 Å². The number of anilines is 1. The van der Waals surface area contributed by atoms with Crippen molar-refractivity contribution < 1.29 is 9.18 Å². The number of benzene rings is 3. The number of thioether (sulfide) groups is 1. The number of carbonyl (C=O) groups is 1. The molecule has 6 heteroatoms. The van der Waals surface area contributed by atoms with Gasteiger partial charge in [0.1, 0.15) is 11.5 Å². The molecule has 146 valence electrons. The van der Waals surface area contributed by atoms with Crippen LogP contribution in [0.1, 0.15) is 16.7 Å². The van der Waals surface area contributed by atoms with Crippen LogP contribution in [0.2, 0.25) is 0 Å². The topological polar surface area (TPSA) is 56.5 Å². The lowest BCUT2D eigenvalue weighted by molar-refractivity contribution is -0.113. The van der Waals surface area contributed by atoms with Crippen molar-refractivity contribution in [2.45, 2.75) is 5.75 Å². The summed E-state index contributed by atoms with van der Waals surface area (Å²) < 4.78 is 13.4. The Morgan fingerprint density at radius 1 is 1.00 bits per heavy atom. The Hall–Kier alpha value is -3.69. The summed E-state index contributed by atoms with van der Waals surface area (Å²) in [5.74, 6) is -0.0457. The third-order valence-corrected chi connectivity index (χ3v) is 5.48. The fourth-order valence-corrected chi connectivity index (χ4v) is 3.91. The molecule has 0 atom stereocenters. The van der Waals surface area contributed by atoms with Gasteiger partial charge in [-0.05, 0) is 53.6 Å². The molecular formula is C24H16FN3OS. The second-order valence-corrected chi connectivity index (χ2v) is 7.49. The summed E-state index contributed by atoms with van der Waals surface area (Å²) in [6.07, 6.45) is 1.74. The summed E-state index contributed by atoms with van der Waals surface area (Å²) in [7, 11) is 0. The van der Waals surface area contributed by atoms with Crippen LogP contribution in [0.15, 0.2) is 89.6 Å². The number of amidine groups is 1. The molecule has 30 heavy (non-hydrogen) atoms. The van der Waals surface area contributed by atoms with E-state index < -0.39 is 0 Å². The van der Waals surface area contributed by atoms with Gasteiger partial charge in [0, 0.05) is 5.75 Å². The summed E-state index contributed by atoms with van der Waals surface area (Å²) in [5.41, 5.74) is 3.37. The lowest BCUT2D eigenvalue weighted by Crippen LogP contribution is -2.30. The number of hydrogen-bond acceptors (Lipinski definition) is 4. The van der Waals surface area contributed by atoms with Crippen LogP contribution in [-0.4, -0.2) is 11.1 Å². The van der Waals surface area contributed by atoms with E-state index in [9.17, 15) is 9.18 Å². The van der Waals surface area contributed by atoms with Crippen molar-refractivity contribution >= 4 is 34.6 Å². The summed E-state index contributed by atoms with van der Waals surface area (Å²) in [6, 6.07) is 24.7. The van der Waals surface area contributed by atoms with E-state index in [1.807, 2.05) is 42.5 Å². The van der Waals surface area contributed by atoms with Gasteiger partial charge in [-0.25, -0.2) is 9.38 Å². The average Bonchev–Trinajstić information content (AvgIpc) is 3.09. The molecule has 0 N–H and O–H groups in total. The molecule has 0 unspecified atom stereocenters. The Balaban J connectivity index is 1.64. The zero-order valence-corrected chi connectivity index (χ0v) is 16.6.